The molecule has 6 nitrogen and oxygen atoms in total. The van der Waals surface area contributed by atoms with Gasteiger partial charge >= 0.3 is 0 Å². The van der Waals surface area contributed by atoms with E-state index in [1.165, 1.54) is 0 Å². The van der Waals surface area contributed by atoms with Crippen LogP contribution in [0.2, 0.25) is 0 Å². The molecule has 0 unspecified atom stereocenters. The summed E-state index contributed by atoms with van der Waals surface area (Å²) in [6.45, 7) is 4.99. The lowest BCUT2D eigenvalue weighted by Crippen LogP contribution is -2.45. The standard InChI is InChI=1S/C20H27N3O3/c1-14-6-3-8-16-18(26-11-5-10-25-2)12-17(23-19(14)16)20(24)22-15-7-4-9-21-13-15/h3,6,8,12,15,21H,4-5,7,9-11,13H2,1-2H3,(H,22,24)/t15-/m1/s1. The molecule has 1 saturated heterocycles. The minimum absolute atomic E-state index is 0.148. The zero-order chi connectivity index (χ0) is 18.4. The second-order valence-corrected chi connectivity index (χ2v) is 6.69. The fourth-order valence-electron chi connectivity index (χ4n) is 3.22. The third-order valence-electron chi connectivity index (χ3n) is 4.62. The van der Waals surface area contributed by atoms with Crippen molar-refractivity contribution in [3.05, 3.63) is 35.5 Å². The number of pyridine rings is 1. The number of piperidine rings is 1. The van der Waals surface area contributed by atoms with Gasteiger partial charge in [-0.1, -0.05) is 12.1 Å². The Bertz CT molecular complexity index is 757. The summed E-state index contributed by atoms with van der Waals surface area (Å²) in [6.07, 6.45) is 2.86. The molecule has 2 aromatic rings. The van der Waals surface area contributed by atoms with Crippen LogP contribution in [0.1, 0.15) is 35.3 Å². The minimum Gasteiger partial charge on any atom is -0.493 e. The molecule has 2 heterocycles. The largest absolute Gasteiger partial charge is 0.493 e. The van der Waals surface area contributed by atoms with Gasteiger partial charge in [0.15, 0.2) is 0 Å². The molecule has 2 N–H and O–H groups in total. The SMILES string of the molecule is COCCCOc1cc(C(=O)N[C@@H]2CCCNC2)nc2c(C)cccc12. The van der Waals surface area contributed by atoms with Crippen LogP contribution in [0.4, 0.5) is 0 Å². The molecule has 140 valence electrons. The summed E-state index contributed by atoms with van der Waals surface area (Å²) in [7, 11) is 1.67. The average molecular weight is 357 g/mol. The lowest BCUT2D eigenvalue weighted by Gasteiger charge is -2.23. The number of fused-ring (bicyclic) bond motifs is 1. The van der Waals surface area contributed by atoms with Crippen molar-refractivity contribution in [2.24, 2.45) is 0 Å². The van der Waals surface area contributed by atoms with Crippen LogP contribution in [0, 0.1) is 6.92 Å². The summed E-state index contributed by atoms with van der Waals surface area (Å²) >= 11 is 0. The molecule has 0 saturated carbocycles. The van der Waals surface area contributed by atoms with Crippen molar-refractivity contribution >= 4 is 16.8 Å². The highest BCUT2D eigenvalue weighted by Gasteiger charge is 2.19. The lowest BCUT2D eigenvalue weighted by atomic mass is 10.1. The van der Waals surface area contributed by atoms with Gasteiger partial charge in [0.1, 0.15) is 11.4 Å². The van der Waals surface area contributed by atoms with Crippen molar-refractivity contribution in [3.63, 3.8) is 0 Å². The Morgan fingerprint density at radius 1 is 1.38 bits per heavy atom. The van der Waals surface area contributed by atoms with Gasteiger partial charge in [0.05, 0.1) is 12.1 Å². The number of hydrogen-bond acceptors (Lipinski definition) is 5. The quantitative estimate of drug-likeness (QED) is 0.745. The van der Waals surface area contributed by atoms with Gasteiger partial charge in [-0.3, -0.25) is 4.79 Å². The van der Waals surface area contributed by atoms with E-state index in [0.717, 1.165) is 48.8 Å². The number of methoxy groups -OCH3 is 1. The topological polar surface area (TPSA) is 72.5 Å². The summed E-state index contributed by atoms with van der Waals surface area (Å²) < 4.78 is 11.0. The zero-order valence-electron chi connectivity index (χ0n) is 15.5. The van der Waals surface area contributed by atoms with Gasteiger partial charge in [0.25, 0.3) is 5.91 Å². The summed E-state index contributed by atoms with van der Waals surface area (Å²) in [4.78, 5) is 17.3. The molecule has 0 bridgehead atoms. The Kier molecular flexibility index (Phi) is 6.41. The molecule has 1 amide bonds. The van der Waals surface area contributed by atoms with E-state index in [4.69, 9.17) is 9.47 Å². The maximum atomic E-state index is 12.7. The Morgan fingerprint density at radius 2 is 2.27 bits per heavy atom. The number of para-hydroxylation sites is 1. The van der Waals surface area contributed by atoms with E-state index in [1.54, 1.807) is 13.2 Å². The van der Waals surface area contributed by atoms with Gasteiger partial charge in [-0.15, -0.1) is 0 Å². The molecule has 6 heteroatoms. The van der Waals surface area contributed by atoms with Crippen LogP contribution < -0.4 is 15.4 Å². The summed E-state index contributed by atoms with van der Waals surface area (Å²) in [5, 5.41) is 7.32. The number of amides is 1. The number of benzene rings is 1. The van der Waals surface area contributed by atoms with E-state index >= 15 is 0 Å². The third-order valence-corrected chi connectivity index (χ3v) is 4.62. The van der Waals surface area contributed by atoms with Crippen LogP contribution in [0.25, 0.3) is 10.9 Å². The fourth-order valence-corrected chi connectivity index (χ4v) is 3.22. The average Bonchev–Trinajstić information content (AvgIpc) is 2.66. The van der Waals surface area contributed by atoms with Crippen LogP contribution >= 0.6 is 0 Å². The van der Waals surface area contributed by atoms with Crippen LogP contribution in [-0.4, -0.2) is 50.3 Å². The predicted molar refractivity (Wildman–Crippen MR) is 102 cm³/mol. The molecule has 1 aliphatic heterocycles. The van der Waals surface area contributed by atoms with Crippen molar-refractivity contribution < 1.29 is 14.3 Å². The van der Waals surface area contributed by atoms with Gasteiger partial charge in [-0.05, 0) is 37.9 Å². The maximum absolute atomic E-state index is 12.7. The number of nitrogens with one attached hydrogen (secondary N) is 2. The van der Waals surface area contributed by atoms with Crippen molar-refractivity contribution in [2.75, 3.05) is 33.4 Å². The second-order valence-electron chi connectivity index (χ2n) is 6.69. The summed E-state index contributed by atoms with van der Waals surface area (Å²) in [5.74, 6) is 0.548. The predicted octanol–water partition coefficient (Wildman–Crippen LogP) is 2.44. The number of ether oxygens (including phenoxy) is 2. The monoisotopic (exact) mass is 357 g/mol. The molecular weight excluding hydrogens is 330 g/mol. The van der Waals surface area contributed by atoms with Crippen molar-refractivity contribution in [3.8, 4) is 5.75 Å². The number of aryl methyl sites for hydroxylation is 1. The molecule has 1 aromatic heterocycles. The van der Waals surface area contributed by atoms with E-state index < -0.39 is 0 Å². The van der Waals surface area contributed by atoms with Crippen molar-refractivity contribution in [1.29, 1.82) is 0 Å². The first kappa shape index (κ1) is 18.6. The first-order valence-corrected chi connectivity index (χ1v) is 9.22. The van der Waals surface area contributed by atoms with Crippen molar-refractivity contribution in [1.82, 2.24) is 15.6 Å². The smallest absolute Gasteiger partial charge is 0.270 e. The number of hydrogen-bond donors (Lipinski definition) is 2. The normalized spacial score (nSPS) is 17.2. The molecule has 0 spiro atoms. The maximum Gasteiger partial charge on any atom is 0.270 e. The molecule has 1 atom stereocenters. The number of aromatic nitrogens is 1. The molecule has 1 aliphatic rings. The molecule has 26 heavy (non-hydrogen) atoms. The summed E-state index contributed by atoms with van der Waals surface area (Å²) in [6, 6.07) is 7.86. The van der Waals surface area contributed by atoms with Crippen LogP contribution in [0.3, 0.4) is 0 Å². The highest BCUT2D eigenvalue weighted by atomic mass is 16.5. The Labute approximate surface area is 154 Å². The number of rotatable bonds is 7. The van der Waals surface area contributed by atoms with E-state index in [9.17, 15) is 4.79 Å². The fraction of sp³-hybridized carbons (Fsp3) is 0.500. The summed E-state index contributed by atoms with van der Waals surface area (Å²) in [5.41, 5.74) is 2.24. The number of carbonyl (C=O) groups excluding carboxylic acids is 1. The Balaban J connectivity index is 1.84. The van der Waals surface area contributed by atoms with E-state index in [0.29, 0.717) is 24.7 Å². The van der Waals surface area contributed by atoms with Gasteiger partial charge in [-0.25, -0.2) is 4.98 Å². The highest BCUT2D eigenvalue weighted by Crippen LogP contribution is 2.28. The van der Waals surface area contributed by atoms with Crippen molar-refractivity contribution in [2.45, 2.75) is 32.2 Å². The zero-order valence-corrected chi connectivity index (χ0v) is 15.5. The van der Waals surface area contributed by atoms with Gasteiger partial charge in [-0.2, -0.15) is 0 Å². The van der Waals surface area contributed by atoms with E-state index in [-0.39, 0.29) is 11.9 Å². The first-order valence-electron chi connectivity index (χ1n) is 9.22. The minimum atomic E-state index is -0.148. The van der Waals surface area contributed by atoms with Gasteiger partial charge in [0, 0.05) is 44.2 Å². The second kappa shape index (κ2) is 8.96. The van der Waals surface area contributed by atoms with Gasteiger partial charge in [0.2, 0.25) is 0 Å². The van der Waals surface area contributed by atoms with Gasteiger partial charge < -0.3 is 20.1 Å². The molecule has 1 fully saturated rings. The molecule has 0 aliphatic carbocycles. The van der Waals surface area contributed by atoms with Crippen LogP contribution in [0.15, 0.2) is 24.3 Å². The van der Waals surface area contributed by atoms with Crippen LogP contribution in [0.5, 0.6) is 5.75 Å². The molecule has 1 aromatic carbocycles. The molecular formula is C20H27N3O3. The first-order chi connectivity index (χ1) is 12.7. The van der Waals surface area contributed by atoms with E-state index in [1.807, 2.05) is 25.1 Å². The molecule has 3 rings (SSSR count). The Morgan fingerprint density at radius 3 is 3.04 bits per heavy atom. The van der Waals surface area contributed by atoms with E-state index in [2.05, 4.69) is 15.6 Å². The number of carbonyl (C=O) groups is 1. The number of nitrogens with zero attached hydrogens (tertiary/aromatic N) is 1. The highest BCUT2D eigenvalue weighted by molar-refractivity contribution is 5.97. The lowest BCUT2D eigenvalue weighted by molar-refractivity contribution is 0.0925. The third kappa shape index (κ3) is 4.51. The molecule has 0 radical (unpaired) electrons. The Hall–Kier alpha value is -2.18. The van der Waals surface area contributed by atoms with Crippen LogP contribution in [-0.2, 0) is 4.74 Å².